The van der Waals surface area contributed by atoms with E-state index < -0.39 is 0 Å². The Labute approximate surface area is 149 Å². The lowest BCUT2D eigenvalue weighted by molar-refractivity contribution is 1.64. The van der Waals surface area contributed by atoms with Gasteiger partial charge in [-0.3, -0.25) is 0 Å². The quantitative estimate of drug-likeness (QED) is 0.264. The second kappa shape index (κ2) is 5.38. The zero-order valence-electron chi connectivity index (χ0n) is 10.9. The number of hydrogen-bond acceptors (Lipinski definition) is 1. The van der Waals surface area contributed by atoms with Crippen molar-refractivity contribution in [2.24, 2.45) is 0 Å². The van der Waals surface area contributed by atoms with E-state index in [9.17, 15) is 0 Å². The highest BCUT2D eigenvalue weighted by Gasteiger charge is 2.13. The van der Waals surface area contributed by atoms with Crippen molar-refractivity contribution in [1.29, 1.82) is 0 Å². The van der Waals surface area contributed by atoms with E-state index in [-0.39, 0.29) is 0 Å². The van der Waals surface area contributed by atoms with Gasteiger partial charge in [-0.05, 0) is 58.5 Å². The molecule has 0 amide bonds. The molecule has 0 aliphatic carbocycles. The normalized spacial score (nSPS) is 11.3. The number of fused-ring (bicyclic) bond motifs is 3. The Kier molecular flexibility index (Phi) is 3.52. The lowest BCUT2D eigenvalue weighted by Gasteiger charge is -2.07. The summed E-state index contributed by atoms with van der Waals surface area (Å²) in [6, 6.07) is 21.7. The Balaban J connectivity index is 2.21. The van der Waals surface area contributed by atoms with Crippen molar-refractivity contribution in [1.82, 2.24) is 0 Å². The predicted octanol–water partition coefficient (Wildman–Crippen LogP) is 7.09. The molecule has 0 fully saturated rings. The highest BCUT2D eigenvalue weighted by atomic mass is 127. The number of rotatable bonds is 1. The van der Waals surface area contributed by atoms with E-state index in [4.69, 9.17) is 0 Å². The minimum atomic E-state index is 1.13. The summed E-state index contributed by atoms with van der Waals surface area (Å²) in [5, 5.41) is 2.70. The van der Waals surface area contributed by atoms with Gasteiger partial charge in [0.15, 0.2) is 0 Å². The average molecular weight is 465 g/mol. The molecule has 0 aliphatic heterocycles. The van der Waals surface area contributed by atoms with Crippen molar-refractivity contribution in [3.8, 4) is 11.1 Å². The van der Waals surface area contributed by atoms with Crippen LogP contribution in [-0.2, 0) is 0 Å². The number of thiophene rings is 1. The summed E-state index contributed by atoms with van der Waals surface area (Å²) in [6.07, 6.45) is 0. The highest BCUT2D eigenvalue weighted by Crippen LogP contribution is 2.42. The van der Waals surface area contributed by atoms with Crippen LogP contribution in [-0.4, -0.2) is 0 Å². The van der Waals surface area contributed by atoms with Crippen LogP contribution in [0.25, 0.3) is 31.3 Å². The fraction of sp³-hybridized carbons (Fsp3) is 0. The number of hydrogen-bond donors (Lipinski definition) is 0. The van der Waals surface area contributed by atoms with Crippen molar-refractivity contribution < 1.29 is 0 Å². The first kappa shape index (κ1) is 13.7. The Morgan fingerprint density at radius 1 is 0.857 bits per heavy atom. The molecule has 0 atom stereocenters. The average Bonchev–Trinajstić information content (AvgIpc) is 2.86. The summed E-state index contributed by atoms with van der Waals surface area (Å²) in [7, 11) is 0. The second-order valence-electron chi connectivity index (χ2n) is 4.90. The Morgan fingerprint density at radius 2 is 1.62 bits per heavy atom. The van der Waals surface area contributed by atoms with Crippen molar-refractivity contribution in [2.75, 3.05) is 0 Å². The molecule has 4 rings (SSSR count). The van der Waals surface area contributed by atoms with E-state index in [2.05, 4.69) is 99.2 Å². The van der Waals surface area contributed by atoms with E-state index in [1.54, 1.807) is 0 Å². The van der Waals surface area contributed by atoms with Gasteiger partial charge in [-0.2, -0.15) is 0 Å². The van der Waals surface area contributed by atoms with Gasteiger partial charge in [0.2, 0.25) is 0 Å². The van der Waals surface area contributed by atoms with Crippen molar-refractivity contribution >= 4 is 70.0 Å². The maximum atomic E-state index is 3.60. The lowest BCUT2D eigenvalue weighted by atomic mass is 10.00. The van der Waals surface area contributed by atoms with Gasteiger partial charge in [0.25, 0.3) is 0 Å². The van der Waals surface area contributed by atoms with Crippen LogP contribution in [0.3, 0.4) is 0 Å². The molecule has 0 spiro atoms. The molecule has 102 valence electrons. The Hall–Kier alpha value is -0.910. The number of halogens is 2. The van der Waals surface area contributed by atoms with Gasteiger partial charge >= 0.3 is 0 Å². The van der Waals surface area contributed by atoms with Crippen LogP contribution in [0.1, 0.15) is 0 Å². The lowest BCUT2D eigenvalue weighted by Crippen LogP contribution is -1.84. The zero-order valence-corrected chi connectivity index (χ0v) is 15.5. The van der Waals surface area contributed by atoms with Gasteiger partial charge in [-0.25, -0.2) is 0 Å². The maximum Gasteiger partial charge on any atom is 0.0362 e. The SMILES string of the molecule is Brc1ccc2sc3ccc(I)c(-c4ccccc4)c3c2c1. The predicted molar refractivity (Wildman–Crippen MR) is 105 cm³/mol. The minimum Gasteiger partial charge on any atom is -0.135 e. The molecular formula is C18H10BrIS. The van der Waals surface area contributed by atoms with Crippen LogP contribution in [0.15, 0.2) is 65.1 Å². The van der Waals surface area contributed by atoms with Gasteiger partial charge < -0.3 is 0 Å². The van der Waals surface area contributed by atoms with Gasteiger partial charge in [-0.15, -0.1) is 11.3 Å². The number of benzene rings is 3. The maximum absolute atomic E-state index is 3.60. The van der Waals surface area contributed by atoms with Crippen molar-refractivity contribution in [3.63, 3.8) is 0 Å². The third-order valence-corrected chi connectivity index (χ3v) is 6.14. The summed E-state index contributed by atoms with van der Waals surface area (Å²) in [5.41, 5.74) is 2.63. The Morgan fingerprint density at radius 3 is 2.43 bits per heavy atom. The molecule has 0 saturated heterocycles. The smallest absolute Gasteiger partial charge is 0.0362 e. The summed E-state index contributed by atoms with van der Waals surface area (Å²) in [6.45, 7) is 0. The molecule has 21 heavy (non-hydrogen) atoms. The topological polar surface area (TPSA) is 0 Å². The van der Waals surface area contributed by atoms with Gasteiger partial charge in [0.05, 0.1) is 0 Å². The van der Waals surface area contributed by atoms with Crippen LogP contribution >= 0.6 is 49.9 Å². The van der Waals surface area contributed by atoms with Crippen molar-refractivity contribution in [3.05, 3.63) is 68.7 Å². The first-order valence-corrected chi connectivity index (χ1v) is 9.28. The van der Waals surface area contributed by atoms with E-state index >= 15 is 0 Å². The second-order valence-corrected chi connectivity index (χ2v) is 8.07. The minimum absolute atomic E-state index is 1.13. The molecule has 0 saturated carbocycles. The van der Waals surface area contributed by atoms with Crippen LogP contribution in [0, 0.1) is 3.57 Å². The summed E-state index contributed by atoms with van der Waals surface area (Å²) in [5.74, 6) is 0. The molecule has 3 aromatic carbocycles. The Bertz CT molecular complexity index is 957. The van der Waals surface area contributed by atoms with Crippen LogP contribution < -0.4 is 0 Å². The third-order valence-electron chi connectivity index (χ3n) is 3.61. The summed E-state index contributed by atoms with van der Waals surface area (Å²) in [4.78, 5) is 0. The first-order chi connectivity index (χ1) is 10.2. The standard InChI is InChI=1S/C18H10BrIS/c19-12-6-8-15-13(10-12)18-16(21-15)9-7-14(20)17(18)11-4-2-1-3-5-11/h1-10H. The molecule has 1 aromatic heterocycles. The van der Waals surface area contributed by atoms with Crippen LogP contribution in [0.4, 0.5) is 0 Å². The van der Waals surface area contributed by atoms with Gasteiger partial charge in [0.1, 0.15) is 0 Å². The molecule has 0 aliphatic rings. The van der Waals surface area contributed by atoms with Gasteiger partial charge in [0, 0.05) is 33.8 Å². The first-order valence-electron chi connectivity index (χ1n) is 6.60. The highest BCUT2D eigenvalue weighted by molar-refractivity contribution is 14.1. The monoisotopic (exact) mass is 464 g/mol. The molecule has 0 N–H and O–H groups in total. The van der Waals surface area contributed by atoms with Crippen LogP contribution in [0.5, 0.6) is 0 Å². The van der Waals surface area contributed by atoms with Gasteiger partial charge in [-0.1, -0.05) is 46.3 Å². The summed E-state index contributed by atoms with van der Waals surface area (Å²) >= 11 is 7.91. The van der Waals surface area contributed by atoms with Crippen molar-refractivity contribution in [2.45, 2.75) is 0 Å². The molecule has 3 heteroatoms. The van der Waals surface area contributed by atoms with E-state index in [1.165, 1.54) is 34.9 Å². The van der Waals surface area contributed by atoms with E-state index in [0.29, 0.717) is 0 Å². The molecule has 1 heterocycles. The molecule has 4 aromatic rings. The fourth-order valence-electron chi connectivity index (χ4n) is 2.70. The van der Waals surface area contributed by atoms with E-state index in [1.807, 2.05) is 11.3 Å². The van der Waals surface area contributed by atoms with Crippen LogP contribution in [0.2, 0.25) is 0 Å². The molecule has 0 unspecified atom stereocenters. The largest absolute Gasteiger partial charge is 0.135 e. The third kappa shape index (κ3) is 2.31. The molecule has 0 nitrogen and oxygen atoms in total. The fourth-order valence-corrected chi connectivity index (χ4v) is 4.92. The molecule has 0 radical (unpaired) electrons. The molecular weight excluding hydrogens is 455 g/mol. The summed E-state index contributed by atoms with van der Waals surface area (Å²) < 4.78 is 5.12. The molecule has 0 bridgehead atoms. The zero-order chi connectivity index (χ0) is 14.4. The van der Waals surface area contributed by atoms with E-state index in [0.717, 1.165) is 4.47 Å².